The van der Waals surface area contributed by atoms with Crippen molar-refractivity contribution < 1.29 is 14.3 Å². The van der Waals surface area contributed by atoms with Gasteiger partial charge in [0.1, 0.15) is 6.04 Å². The van der Waals surface area contributed by atoms with Crippen molar-refractivity contribution in [3.8, 4) is 11.1 Å². The number of rotatable bonds is 5. The number of amides is 1. The Morgan fingerprint density at radius 3 is 2.43 bits per heavy atom. The molecule has 0 bridgehead atoms. The third-order valence-corrected chi connectivity index (χ3v) is 3.43. The molecule has 0 fully saturated rings. The molecule has 0 aliphatic rings. The second-order valence-corrected chi connectivity index (χ2v) is 5.29. The first kappa shape index (κ1) is 16.7. The van der Waals surface area contributed by atoms with E-state index in [0.29, 0.717) is 6.42 Å². The molecule has 2 aromatic carbocycles. The van der Waals surface area contributed by atoms with Crippen LogP contribution in [0.25, 0.3) is 11.1 Å². The molecule has 1 amide bonds. The highest BCUT2D eigenvalue weighted by Crippen LogP contribution is 2.23. The Morgan fingerprint density at radius 2 is 1.83 bits per heavy atom. The molecule has 0 aliphatic heterocycles. The lowest BCUT2D eigenvalue weighted by molar-refractivity contribution is -0.142. The molecule has 0 aliphatic carbocycles. The van der Waals surface area contributed by atoms with Crippen molar-refractivity contribution in [2.24, 2.45) is 5.73 Å². The number of carbonyl (C=O) groups is 2. The number of methoxy groups -OCH3 is 1. The summed E-state index contributed by atoms with van der Waals surface area (Å²) < 4.78 is 4.62. The van der Waals surface area contributed by atoms with E-state index in [1.54, 1.807) is 0 Å². The number of anilines is 1. The predicted octanol–water partition coefficient (Wildman–Crippen LogP) is 2.35. The fourth-order valence-electron chi connectivity index (χ4n) is 2.30. The third kappa shape index (κ3) is 4.66. The first-order chi connectivity index (χ1) is 11.0. The monoisotopic (exact) mass is 312 g/mol. The summed E-state index contributed by atoms with van der Waals surface area (Å²) in [5, 5.41) is 2.76. The van der Waals surface area contributed by atoms with Gasteiger partial charge in [-0.1, -0.05) is 36.4 Å². The van der Waals surface area contributed by atoms with Crippen LogP contribution in [0.5, 0.6) is 0 Å². The molecule has 2 rings (SSSR count). The van der Waals surface area contributed by atoms with Gasteiger partial charge in [0, 0.05) is 12.6 Å². The summed E-state index contributed by atoms with van der Waals surface area (Å²) >= 11 is 0. The molecule has 0 aromatic heterocycles. The highest BCUT2D eigenvalue weighted by atomic mass is 16.5. The summed E-state index contributed by atoms with van der Waals surface area (Å²) in [6, 6.07) is 14.8. The van der Waals surface area contributed by atoms with E-state index in [2.05, 4.69) is 10.1 Å². The lowest BCUT2D eigenvalue weighted by Gasteiger charge is -2.10. The number of hydrogen-bond acceptors (Lipinski definition) is 4. The number of ether oxygens (including phenoxy) is 1. The molecule has 0 unspecified atom stereocenters. The van der Waals surface area contributed by atoms with E-state index in [1.165, 1.54) is 14.0 Å². The van der Waals surface area contributed by atoms with Gasteiger partial charge in [-0.25, -0.2) is 0 Å². The van der Waals surface area contributed by atoms with Gasteiger partial charge in [0.2, 0.25) is 5.91 Å². The molecule has 5 nitrogen and oxygen atoms in total. The van der Waals surface area contributed by atoms with Gasteiger partial charge in [-0.3, -0.25) is 9.59 Å². The van der Waals surface area contributed by atoms with Crippen LogP contribution < -0.4 is 11.1 Å². The lowest BCUT2D eigenvalue weighted by atomic mass is 10.0. The van der Waals surface area contributed by atoms with E-state index in [-0.39, 0.29) is 5.91 Å². The Bertz CT molecular complexity index is 696. The summed E-state index contributed by atoms with van der Waals surface area (Å²) in [4.78, 5) is 22.5. The van der Waals surface area contributed by atoms with Crippen molar-refractivity contribution in [2.45, 2.75) is 19.4 Å². The summed E-state index contributed by atoms with van der Waals surface area (Å²) in [6.45, 7) is 1.48. The van der Waals surface area contributed by atoms with Gasteiger partial charge in [-0.15, -0.1) is 0 Å². The number of esters is 1. The van der Waals surface area contributed by atoms with E-state index in [1.807, 2.05) is 48.5 Å². The summed E-state index contributed by atoms with van der Waals surface area (Å²) in [5.41, 5.74) is 9.50. The summed E-state index contributed by atoms with van der Waals surface area (Å²) in [6.07, 6.45) is 0.429. The van der Waals surface area contributed by atoms with Crippen LogP contribution in [0.2, 0.25) is 0 Å². The summed E-state index contributed by atoms with van der Waals surface area (Å²) in [7, 11) is 1.33. The first-order valence-electron chi connectivity index (χ1n) is 7.30. The van der Waals surface area contributed by atoms with Crippen molar-refractivity contribution in [2.75, 3.05) is 12.4 Å². The molecule has 3 N–H and O–H groups in total. The molecule has 120 valence electrons. The third-order valence-electron chi connectivity index (χ3n) is 3.43. The van der Waals surface area contributed by atoms with Crippen LogP contribution in [0.3, 0.4) is 0 Å². The molecular weight excluding hydrogens is 292 g/mol. The van der Waals surface area contributed by atoms with Gasteiger partial charge < -0.3 is 15.8 Å². The quantitative estimate of drug-likeness (QED) is 0.830. The number of carbonyl (C=O) groups excluding carboxylic acids is 2. The maximum absolute atomic E-state index is 11.3. The molecule has 0 saturated carbocycles. The predicted molar refractivity (Wildman–Crippen MR) is 89.9 cm³/mol. The van der Waals surface area contributed by atoms with Gasteiger partial charge >= 0.3 is 5.97 Å². The first-order valence-corrected chi connectivity index (χ1v) is 7.30. The van der Waals surface area contributed by atoms with Crippen LogP contribution in [-0.4, -0.2) is 25.0 Å². The Labute approximate surface area is 135 Å². The van der Waals surface area contributed by atoms with Crippen LogP contribution in [0.1, 0.15) is 12.5 Å². The Balaban J connectivity index is 2.13. The molecule has 0 radical (unpaired) electrons. The van der Waals surface area contributed by atoms with Crippen LogP contribution in [-0.2, 0) is 20.7 Å². The van der Waals surface area contributed by atoms with Gasteiger partial charge in [0.25, 0.3) is 0 Å². The van der Waals surface area contributed by atoms with Gasteiger partial charge in [-0.05, 0) is 35.2 Å². The van der Waals surface area contributed by atoms with E-state index < -0.39 is 12.0 Å². The van der Waals surface area contributed by atoms with Crippen molar-refractivity contribution >= 4 is 17.6 Å². The topological polar surface area (TPSA) is 81.4 Å². The fourth-order valence-corrected chi connectivity index (χ4v) is 2.30. The number of nitrogens with one attached hydrogen (secondary N) is 1. The Kier molecular flexibility index (Phi) is 5.49. The number of benzene rings is 2. The zero-order valence-electron chi connectivity index (χ0n) is 13.2. The molecule has 0 spiro atoms. The number of hydrogen-bond donors (Lipinski definition) is 2. The standard InChI is InChI=1S/C18H20N2O3/c1-12(21)20-16-5-3-4-15(11-16)14-8-6-13(7-9-14)10-17(19)18(22)23-2/h3-9,11,17H,10,19H2,1-2H3,(H,20,21)/t17-/m0/s1. The molecule has 2 aromatic rings. The van der Waals surface area contributed by atoms with E-state index >= 15 is 0 Å². The smallest absolute Gasteiger partial charge is 0.322 e. The van der Waals surface area contributed by atoms with Crippen molar-refractivity contribution in [3.05, 3.63) is 54.1 Å². The maximum atomic E-state index is 11.3. The average molecular weight is 312 g/mol. The largest absolute Gasteiger partial charge is 0.468 e. The van der Waals surface area contributed by atoms with Crippen LogP contribution in [0.15, 0.2) is 48.5 Å². The maximum Gasteiger partial charge on any atom is 0.322 e. The minimum atomic E-state index is -0.658. The highest BCUT2D eigenvalue weighted by molar-refractivity contribution is 5.89. The molecule has 1 atom stereocenters. The second kappa shape index (κ2) is 7.56. The second-order valence-electron chi connectivity index (χ2n) is 5.29. The van der Waals surface area contributed by atoms with Gasteiger partial charge in [-0.2, -0.15) is 0 Å². The lowest BCUT2D eigenvalue weighted by Crippen LogP contribution is -2.33. The Hall–Kier alpha value is -2.66. The van der Waals surface area contributed by atoms with Crippen molar-refractivity contribution in [1.82, 2.24) is 0 Å². The molecule has 0 heterocycles. The Morgan fingerprint density at radius 1 is 1.13 bits per heavy atom. The average Bonchev–Trinajstić information content (AvgIpc) is 2.54. The number of nitrogens with two attached hydrogens (primary N) is 1. The highest BCUT2D eigenvalue weighted by Gasteiger charge is 2.14. The van der Waals surface area contributed by atoms with E-state index in [4.69, 9.17) is 5.73 Å². The minimum Gasteiger partial charge on any atom is -0.468 e. The van der Waals surface area contributed by atoms with E-state index in [0.717, 1.165) is 22.4 Å². The van der Waals surface area contributed by atoms with Crippen molar-refractivity contribution in [3.63, 3.8) is 0 Å². The van der Waals surface area contributed by atoms with Crippen molar-refractivity contribution in [1.29, 1.82) is 0 Å². The van der Waals surface area contributed by atoms with Crippen LogP contribution in [0, 0.1) is 0 Å². The zero-order chi connectivity index (χ0) is 16.8. The fraction of sp³-hybridized carbons (Fsp3) is 0.222. The molecule has 23 heavy (non-hydrogen) atoms. The normalized spacial score (nSPS) is 11.6. The molecule has 5 heteroatoms. The van der Waals surface area contributed by atoms with E-state index in [9.17, 15) is 9.59 Å². The molecular formula is C18H20N2O3. The van der Waals surface area contributed by atoms with Gasteiger partial charge in [0.15, 0.2) is 0 Å². The SMILES string of the molecule is COC(=O)[C@@H](N)Cc1ccc(-c2cccc(NC(C)=O)c2)cc1. The van der Waals surface area contributed by atoms with Gasteiger partial charge in [0.05, 0.1) is 7.11 Å². The molecule has 0 saturated heterocycles. The van der Waals surface area contributed by atoms with Crippen LogP contribution in [0.4, 0.5) is 5.69 Å². The summed E-state index contributed by atoms with van der Waals surface area (Å²) in [5.74, 6) is -0.522. The zero-order valence-corrected chi connectivity index (χ0v) is 13.2. The minimum absolute atomic E-state index is 0.103. The van der Waals surface area contributed by atoms with Crippen LogP contribution >= 0.6 is 0 Å².